The number of thioether (sulfide) groups is 1. The van der Waals surface area contributed by atoms with E-state index in [1.54, 1.807) is 27.7 Å². The Labute approximate surface area is 120 Å². The first-order valence-electron chi connectivity index (χ1n) is 6.12. The van der Waals surface area contributed by atoms with Crippen molar-refractivity contribution in [2.45, 2.75) is 37.2 Å². The van der Waals surface area contributed by atoms with Gasteiger partial charge < -0.3 is 5.73 Å². The molecule has 0 bridgehead atoms. The van der Waals surface area contributed by atoms with Gasteiger partial charge in [-0.3, -0.25) is 4.57 Å². The van der Waals surface area contributed by atoms with E-state index in [9.17, 15) is 4.79 Å². The highest BCUT2D eigenvalue weighted by Gasteiger charge is 2.20. The van der Waals surface area contributed by atoms with E-state index in [2.05, 4.69) is 28.6 Å². The maximum Gasteiger partial charge on any atom is 0.344 e. The van der Waals surface area contributed by atoms with Crippen LogP contribution in [-0.4, -0.2) is 21.3 Å². The molecule has 0 amide bonds. The molecule has 2 heterocycles. The van der Waals surface area contributed by atoms with Crippen molar-refractivity contribution in [3.63, 3.8) is 0 Å². The number of nitrogens with one attached hydrogen (secondary N) is 1. The second kappa shape index (κ2) is 5.94. The summed E-state index contributed by atoms with van der Waals surface area (Å²) in [7, 11) is 0. The van der Waals surface area contributed by atoms with E-state index in [4.69, 9.17) is 5.73 Å². The lowest BCUT2D eigenvalue weighted by atomic mass is 10.2. The van der Waals surface area contributed by atoms with Gasteiger partial charge in [-0.05, 0) is 37.8 Å². The molecular formula is C12H18N4OS2. The Morgan fingerprint density at radius 2 is 2.32 bits per heavy atom. The van der Waals surface area contributed by atoms with Crippen LogP contribution in [0.1, 0.15) is 35.6 Å². The first-order chi connectivity index (χ1) is 9.04. The molecular weight excluding hydrogens is 280 g/mol. The normalized spacial score (nSPS) is 13.1. The van der Waals surface area contributed by atoms with Gasteiger partial charge in [0, 0.05) is 17.5 Å². The van der Waals surface area contributed by atoms with Crippen LogP contribution in [0.4, 0.5) is 0 Å². The molecule has 0 saturated heterocycles. The van der Waals surface area contributed by atoms with Crippen molar-refractivity contribution in [2.75, 3.05) is 6.54 Å². The van der Waals surface area contributed by atoms with Crippen molar-refractivity contribution in [3.8, 4) is 0 Å². The van der Waals surface area contributed by atoms with Crippen molar-refractivity contribution in [3.05, 3.63) is 32.4 Å². The summed E-state index contributed by atoms with van der Waals surface area (Å²) in [6, 6.07) is 2.17. The van der Waals surface area contributed by atoms with Gasteiger partial charge in [0.15, 0.2) is 5.16 Å². The van der Waals surface area contributed by atoms with Gasteiger partial charge in [-0.15, -0.1) is 16.4 Å². The molecule has 2 aromatic rings. The number of hydrogen-bond donors (Lipinski definition) is 2. The molecule has 0 aliphatic heterocycles. The summed E-state index contributed by atoms with van der Waals surface area (Å²) in [5.41, 5.74) is 6.94. The Balaban J connectivity index is 2.29. The molecule has 0 saturated carbocycles. The molecule has 0 radical (unpaired) electrons. The summed E-state index contributed by atoms with van der Waals surface area (Å²) in [6.07, 6.45) is 0. The molecule has 0 fully saturated rings. The highest BCUT2D eigenvalue weighted by molar-refractivity contribution is 7.99. The van der Waals surface area contributed by atoms with Crippen molar-refractivity contribution >= 4 is 23.1 Å². The van der Waals surface area contributed by atoms with Gasteiger partial charge in [0.05, 0.1) is 5.25 Å². The van der Waals surface area contributed by atoms with Crippen LogP contribution in [0, 0.1) is 6.92 Å². The van der Waals surface area contributed by atoms with Crippen LogP contribution < -0.4 is 11.4 Å². The van der Waals surface area contributed by atoms with Gasteiger partial charge in [0.1, 0.15) is 0 Å². The fourth-order valence-corrected chi connectivity index (χ4v) is 4.26. The number of nitrogens with zero attached hydrogens (tertiary/aromatic N) is 2. The SMILES string of the molecule is Cc1ccsc1C(CN)Sc1n[nH]c(=O)n1C(C)C. The number of hydrogen-bond acceptors (Lipinski definition) is 5. The summed E-state index contributed by atoms with van der Waals surface area (Å²) in [4.78, 5) is 13.0. The molecule has 0 aliphatic rings. The smallest absolute Gasteiger partial charge is 0.329 e. The van der Waals surface area contributed by atoms with Crippen molar-refractivity contribution in [1.29, 1.82) is 0 Å². The average Bonchev–Trinajstić information content (AvgIpc) is 2.92. The van der Waals surface area contributed by atoms with Gasteiger partial charge in [0.2, 0.25) is 0 Å². The highest BCUT2D eigenvalue weighted by Crippen LogP contribution is 2.37. The van der Waals surface area contributed by atoms with Crippen molar-refractivity contribution < 1.29 is 0 Å². The minimum atomic E-state index is -0.170. The summed E-state index contributed by atoms with van der Waals surface area (Å²) in [6.45, 7) is 6.53. The largest absolute Gasteiger partial charge is 0.344 e. The number of H-pyrrole nitrogens is 1. The Kier molecular flexibility index (Phi) is 4.49. The number of nitrogens with two attached hydrogens (primary N) is 1. The maximum atomic E-state index is 11.7. The van der Waals surface area contributed by atoms with Gasteiger partial charge in [-0.25, -0.2) is 9.89 Å². The van der Waals surface area contributed by atoms with Gasteiger partial charge >= 0.3 is 5.69 Å². The Morgan fingerprint density at radius 3 is 2.84 bits per heavy atom. The number of aromatic nitrogens is 3. The van der Waals surface area contributed by atoms with Gasteiger partial charge in [0.25, 0.3) is 0 Å². The van der Waals surface area contributed by atoms with Crippen molar-refractivity contribution in [1.82, 2.24) is 14.8 Å². The fraction of sp³-hybridized carbons (Fsp3) is 0.500. The number of thiophene rings is 1. The summed E-state index contributed by atoms with van der Waals surface area (Å²) in [5, 5.41) is 9.50. The van der Waals surface area contributed by atoms with Crippen LogP contribution in [0.5, 0.6) is 0 Å². The quantitative estimate of drug-likeness (QED) is 0.831. The van der Waals surface area contributed by atoms with E-state index in [1.165, 1.54) is 10.4 Å². The fourth-order valence-electron chi connectivity index (χ4n) is 1.88. The molecule has 3 N–H and O–H groups in total. The molecule has 2 rings (SSSR count). The number of aryl methyl sites for hydroxylation is 1. The summed E-state index contributed by atoms with van der Waals surface area (Å²) >= 11 is 3.24. The third-order valence-corrected chi connectivity index (χ3v) is 5.34. The zero-order chi connectivity index (χ0) is 14.0. The zero-order valence-electron chi connectivity index (χ0n) is 11.2. The molecule has 19 heavy (non-hydrogen) atoms. The van der Waals surface area contributed by atoms with Crippen LogP contribution in [0.25, 0.3) is 0 Å². The predicted molar refractivity (Wildman–Crippen MR) is 79.9 cm³/mol. The first kappa shape index (κ1) is 14.4. The second-order valence-corrected chi connectivity index (χ2v) is 6.70. The third-order valence-electron chi connectivity index (χ3n) is 2.84. The molecule has 2 aromatic heterocycles. The van der Waals surface area contributed by atoms with Crippen LogP contribution in [0.15, 0.2) is 21.4 Å². The maximum absolute atomic E-state index is 11.7. The highest BCUT2D eigenvalue weighted by atomic mass is 32.2. The van der Waals surface area contributed by atoms with E-state index in [-0.39, 0.29) is 17.0 Å². The predicted octanol–water partition coefficient (Wildman–Crippen LogP) is 2.31. The molecule has 0 aliphatic carbocycles. The lowest BCUT2D eigenvalue weighted by Gasteiger charge is -2.15. The molecule has 104 valence electrons. The topological polar surface area (TPSA) is 76.7 Å². The second-order valence-electron chi connectivity index (χ2n) is 4.59. The lowest BCUT2D eigenvalue weighted by Crippen LogP contribution is -2.20. The van der Waals surface area contributed by atoms with E-state index in [0.717, 1.165) is 0 Å². The Morgan fingerprint density at radius 1 is 1.58 bits per heavy atom. The minimum Gasteiger partial charge on any atom is -0.329 e. The van der Waals surface area contributed by atoms with E-state index >= 15 is 0 Å². The Hall–Kier alpha value is -1.05. The number of aromatic amines is 1. The van der Waals surface area contributed by atoms with E-state index < -0.39 is 0 Å². The zero-order valence-corrected chi connectivity index (χ0v) is 12.8. The molecule has 1 atom stereocenters. The average molecular weight is 298 g/mol. The molecule has 1 unspecified atom stereocenters. The lowest BCUT2D eigenvalue weighted by molar-refractivity contribution is 0.533. The van der Waals surface area contributed by atoms with Crippen LogP contribution in [0.3, 0.4) is 0 Å². The van der Waals surface area contributed by atoms with Crippen LogP contribution >= 0.6 is 23.1 Å². The van der Waals surface area contributed by atoms with Crippen LogP contribution in [0.2, 0.25) is 0 Å². The molecule has 0 aromatic carbocycles. The third kappa shape index (κ3) is 2.93. The van der Waals surface area contributed by atoms with Gasteiger partial charge in [-0.1, -0.05) is 11.8 Å². The Bertz CT molecular complexity index is 599. The number of rotatable bonds is 5. The van der Waals surface area contributed by atoms with Gasteiger partial charge in [-0.2, -0.15) is 0 Å². The van der Waals surface area contributed by atoms with E-state index in [1.807, 2.05) is 13.8 Å². The monoisotopic (exact) mass is 298 g/mol. The molecule has 5 nitrogen and oxygen atoms in total. The molecule has 0 spiro atoms. The van der Waals surface area contributed by atoms with E-state index in [0.29, 0.717) is 11.7 Å². The van der Waals surface area contributed by atoms with Crippen LogP contribution in [-0.2, 0) is 0 Å². The first-order valence-corrected chi connectivity index (χ1v) is 7.88. The molecule has 7 heteroatoms. The minimum absolute atomic E-state index is 0.0802. The van der Waals surface area contributed by atoms with Crippen molar-refractivity contribution in [2.24, 2.45) is 5.73 Å². The standard InChI is InChI=1S/C12H18N4OS2/c1-7(2)16-11(17)14-15-12(16)19-9(6-13)10-8(3)4-5-18-10/h4-5,7,9H,6,13H2,1-3H3,(H,14,17). The summed E-state index contributed by atoms with van der Waals surface area (Å²) in [5.74, 6) is 0. The summed E-state index contributed by atoms with van der Waals surface area (Å²) < 4.78 is 1.66.